The van der Waals surface area contributed by atoms with Crippen LogP contribution in [0.5, 0.6) is 0 Å². The van der Waals surface area contributed by atoms with Crippen LogP contribution in [0.2, 0.25) is 0 Å². The number of carbonyl (C=O) groups excluding carboxylic acids is 1. The predicted molar refractivity (Wildman–Crippen MR) is 51.1 cm³/mol. The summed E-state index contributed by atoms with van der Waals surface area (Å²) in [6.07, 6.45) is 5.67. The van der Waals surface area contributed by atoms with Gasteiger partial charge in [0.2, 0.25) is 0 Å². The summed E-state index contributed by atoms with van der Waals surface area (Å²) in [5.41, 5.74) is 0.967. The summed E-state index contributed by atoms with van der Waals surface area (Å²) < 4.78 is 1.63. The zero-order valence-electron chi connectivity index (χ0n) is 8.14. The maximum Gasteiger partial charge on any atom is 0.197 e. The molecule has 1 aromatic rings. The fourth-order valence-electron chi connectivity index (χ4n) is 1.29. The van der Waals surface area contributed by atoms with Gasteiger partial charge in [-0.1, -0.05) is 19.6 Å². The molecule has 0 aromatic carbocycles. The van der Waals surface area contributed by atoms with Gasteiger partial charge in [0.25, 0.3) is 0 Å². The summed E-state index contributed by atoms with van der Waals surface area (Å²) in [5.74, 6) is -1.05. The maximum atomic E-state index is 10.7. The highest BCUT2D eigenvalue weighted by Crippen LogP contribution is 2.02. The van der Waals surface area contributed by atoms with Gasteiger partial charge in [0.15, 0.2) is 18.4 Å². The maximum absolute atomic E-state index is 10.7. The Balaban J connectivity index is 2.94. The van der Waals surface area contributed by atoms with Crippen molar-refractivity contribution in [2.75, 3.05) is 0 Å². The van der Waals surface area contributed by atoms with Gasteiger partial charge in [-0.15, -0.1) is 0 Å². The molecule has 1 aromatic heterocycles. The molecule has 0 spiro atoms. The van der Waals surface area contributed by atoms with Crippen LogP contribution in [-0.2, 0) is 4.79 Å². The van der Waals surface area contributed by atoms with Gasteiger partial charge in [-0.05, 0) is 5.56 Å². The lowest BCUT2D eigenvalue weighted by atomic mass is 10.2. The summed E-state index contributed by atoms with van der Waals surface area (Å²) in [6.45, 7) is 5.44. The number of carbonyl (C=O) groups is 1. The normalized spacial score (nSPS) is 12.1. The van der Waals surface area contributed by atoms with Crippen LogP contribution in [0.15, 0.2) is 31.1 Å². The molecule has 0 N–H and O–H groups in total. The van der Waals surface area contributed by atoms with E-state index in [-0.39, 0.29) is 0 Å². The second-order valence-corrected chi connectivity index (χ2v) is 3.03. The highest BCUT2D eigenvalue weighted by Gasteiger charge is 2.16. The van der Waals surface area contributed by atoms with Gasteiger partial charge in [0.05, 0.1) is 0 Å². The molecule has 0 bridgehead atoms. The first-order valence-electron chi connectivity index (χ1n) is 4.53. The Morgan fingerprint density at radius 3 is 2.57 bits per heavy atom. The third-order valence-corrected chi connectivity index (χ3v) is 2.13. The molecular weight excluding hydrogens is 178 g/mol. The molecule has 1 unspecified atom stereocenters. The minimum absolute atomic E-state index is 0.514. The van der Waals surface area contributed by atoms with Crippen molar-refractivity contribution in [3.05, 3.63) is 36.7 Å². The van der Waals surface area contributed by atoms with Crippen molar-refractivity contribution in [2.45, 2.75) is 19.4 Å². The highest BCUT2D eigenvalue weighted by atomic mass is 16.4. The van der Waals surface area contributed by atoms with E-state index >= 15 is 0 Å². The summed E-state index contributed by atoms with van der Waals surface area (Å²) in [6, 6.07) is 3.05. The lowest BCUT2D eigenvalue weighted by Gasteiger charge is -2.10. The number of hydrogen-bond donors (Lipinski definition) is 0. The SMILES string of the molecule is C=Cc1cc[n+](C(CC)C(=O)[O-])cc1. The number of carboxylic acids is 1. The molecule has 0 aliphatic carbocycles. The van der Waals surface area contributed by atoms with Crippen LogP contribution in [0.1, 0.15) is 24.9 Å². The van der Waals surface area contributed by atoms with E-state index in [1.807, 2.05) is 19.1 Å². The number of carboxylic acid groups (broad SMARTS) is 1. The molecule has 1 heterocycles. The first kappa shape index (κ1) is 10.4. The number of rotatable bonds is 4. The van der Waals surface area contributed by atoms with Crippen molar-refractivity contribution in [3.8, 4) is 0 Å². The molecular formula is C11H13NO2. The van der Waals surface area contributed by atoms with Crippen molar-refractivity contribution in [3.63, 3.8) is 0 Å². The van der Waals surface area contributed by atoms with Gasteiger partial charge >= 0.3 is 0 Å². The van der Waals surface area contributed by atoms with Crippen LogP contribution in [0.4, 0.5) is 0 Å². The van der Waals surface area contributed by atoms with Crippen LogP contribution < -0.4 is 9.67 Å². The quantitative estimate of drug-likeness (QED) is 0.643. The molecule has 74 valence electrons. The molecule has 3 nitrogen and oxygen atoms in total. The lowest BCUT2D eigenvalue weighted by Crippen LogP contribution is -2.48. The van der Waals surface area contributed by atoms with E-state index in [1.54, 1.807) is 23.0 Å². The number of nitrogens with zero attached hydrogens (tertiary/aromatic N) is 1. The highest BCUT2D eigenvalue weighted by molar-refractivity contribution is 5.67. The van der Waals surface area contributed by atoms with Crippen LogP contribution in [0, 0.1) is 0 Å². The molecule has 0 saturated carbocycles. The fourth-order valence-corrected chi connectivity index (χ4v) is 1.29. The van der Waals surface area contributed by atoms with E-state index in [9.17, 15) is 9.90 Å². The summed E-state index contributed by atoms with van der Waals surface area (Å²) in [4.78, 5) is 10.7. The van der Waals surface area contributed by atoms with Crippen LogP contribution in [-0.4, -0.2) is 5.97 Å². The predicted octanol–water partition coefficient (Wildman–Crippen LogP) is 0.318. The molecule has 0 fully saturated rings. The van der Waals surface area contributed by atoms with Crippen molar-refractivity contribution in [1.82, 2.24) is 0 Å². The Morgan fingerprint density at radius 2 is 2.21 bits per heavy atom. The van der Waals surface area contributed by atoms with Gasteiger partial charge in [-0.3, -0.25) is 0 Å². The summed E-state index contributed by atoms with van der Waals surface area (Å²) >= 11 is 0. The van der Waals surface area contributed by atoms with E-state index < -0.39 is 12.0 Å². The first-order chi connectivity index (χ1) is 6.69. The van der Waals surface area contributed by atoms with Gasteiger partial charge in [-0.2, -0.15) is 4.57 Å². The Bertz CT molecular complexity index is 330. The standard InChI is InChI=1S/C11H13NO2/c1-3-9-5-7-12(8-6-9)10(4-2)11(13)14/h3,5-8,10H,1,4H2,2H3. The fraction of sp³-hybridized carbons (Fsp3) is 0.273. The topological polar surface area (TPSA) is 44.0 Å². The summed E-state index contributed by atoms with van der Waals surface area (Å²) in [7, 11) is 0. The molecule has 0 saturated heterocycles. The molecule has 0 aliphatic rings. The lowest BCUT2D eigenvalue weighted by molar-refractivity contribution is -0.716. The molecule has 3 heteroatoms. The minimum atomic E-state index is -1.05. The Hall–Kier alpha value is -1.64. The first-order valence-corrected chi connectivity index (χ1v) is 4.53. The number of aliphatic carboxylic acids is 1. The number of hydrogen-bond acceptors (Lipinski definition) is 2. The van der Waals surface area contributed by atoms with Gasteiger partial charge in [-0.25, -0.2) is 0 Å². The van der Waals surface area contributed by atoms with Gasteiger partial charge in [0.1, 0.15) is 5.97 Å². The zero-order chi connectivity index (χ0) is 10.6. The van der Waals surface area contributed by atoms with Crippen LogP contribution in [0.25, 0.3) is 6.08 Å². The van der Waals surface area contributed by atoms with Crippen LogP contribution >= 0.6 is 0 Å². The summed E-state index contributed by atoms with van der Waals surface area (Å²) in [5, 5.41) is 10.7. The molecule has 1 atom stereocenters. The van der Waals surface area contributed by atoms with E-state index in [0.29, 0.717) is 6.42 Å². The van der Waals surface area contributed by atoms with Gasteiger partial charge in [0, 0.05) is 18.6 Å². The monoisotopic (exact) mass is 191 g/mol. The second-order valence-electron chi connectivity index (χ2n) is 3.03. The molecule has 14 heavy (non-hydrogen) atoms. The van der Waals surface area contributed by atoms with Crippen LogP contribution in [0.3, 0.4) is 0 Å². The van der Waals surface area contributed by atoms with Crippen molar-refractivity contribution < 1.29 is 14.5 Å². The minimum Gasteiger partial charge on any atom is -0.543 e. The van der Waals surface area contributed by atoms with Crippen molar-refractivity contribution in [2.24, 2.45) is 0 Å². The molecule has 1 rings (SSSR count). The van der Waals surface area contributed by atoms with E-state index in [0.717, 1.165) is 5.56 Å². The molecule has 0 aliphatic heterocycles. The van der Waals surface area contributed by atoms with Crippen molar-refractivity contribution in [1.29, 1.82) is 0 Å². The average Bonchev–Trinajstić information content (AvgIpc) is 2.19. The average molecular weight is 191 g/mol. The van der Waals surface area contributed by atoms with E-state index in [1.165, 1.54) is 0 Å². The zero-order valence-corrected chi connectivity index (χ0v) is 8.14. The second kappa shape index (κ2) is 4.56. The number of pyridine rings is 1. The molecule has 0 radical (unpaired) electrons. The van der Waals surface area contributed by atoms with E-state index in [2.05, 4.69) is 6.58 Å². The smallest absolute Gasteiger partial charge is 0.197 e. The largest absolute Gasteiger partial charge is 0.543 e. The number of aromatic nitrogens is 1. The van der Waals surface area contributed by atoms with Gasteiger partial charge < -0.3 is 9.90 Å². The Kier molecular flexibility index (Phi) is 3.40. The third kappa shape index (κ3) is 2.19. The van der Waals surface area contributed by atoms with E-state index in [4.69, 9.17) is 0 Å². The third-order valence-electron chi connectivity index (χ3n) is 2.13. The Labute approximate surface area is 83.3 Å². The van der Waals surface area contributed by atoms with Crippen molar-refractivity contribution >= 4 is 12.0 Å². The Morgan fingerprint density at radius 1 is 1.64 bits per heavy atom. The molecule has 0 amide bonds.